The number of Topliss-reactive ketones (excluding diaryl/α,β-unsaturated/α-hetero) is 2. The number of carboxylic acid groups (broad SMARTS) is 2. The van der Waals surface area contributed by atoms with Crippen molar-refractivity contribution in [2.75, 3.05) is 19.8 Å². The van der Waals surface area contributed by atoms with Gasteiger partial charge in [0.05, 0.1) is 19.8 Å². The van der Waals surface area contributed by atoms with Crippen LogP contribution < -0.4 is 0 Å². The number of ketones is 2. The minimum absolute atomic E-state index is 0.156. The Morgan fingerprint density at radius 1 is 0.372 bits per heavy atom. The van der Waals surface area contributed by atoms with Crippen molar-refractivity contribution < 1.29 is 74.4 Å². The number of esters is 2. The maximum atomic E-state index is 11.7. The zero-order chi connectivity index (χ0) is 58.7. The second kappa shape index (κ2) is 60.0. The standard InChI is InChI=1S/2C21H36O5.C21H34O5/c2*1-2-3-4-5-6-7-8-9-10-11-12-13-14-15-16-18(21(25)26)20(24)19(23)17-22;1-2-3-4-5-6-7-8-9-10-11-12-13-14-15-16-17-20(24)26-21(25)19(23)18-22/h2*6-7,9-10,18-19,22-23H,2-5,8,11-17H2,1H3,(H,25,26);3-4,6-7,9-10,19,22-23H,2,5,8,11-18H2,1H3/b2*7-6-,10-9-;4-3-,7-6-,10-9-. The number of hydrogen-bond acceptors (Lipinski definition) is 13. The van der Waals surface area contributed by atoms with E-state index in [2.05, 4.69) is 111 Å². The summed E-state index contributed by atoms with van der Waals surface area (Å²) >= 11 is 0. The van der Waals surface area contributed by atoms with Crippen LogP contribution in [0.25, 0.3) is 0 Å². The van der Waals surface area contributed by atoms with E-state index in [0.717, 1.165) is 128 Å². The summed E-state index contributed by atoms with van der Waals surface area (Å²) in [6.07, 6.45) is 56.4. The molecule has 0 heterocycles. The first kappa shape index (κ1) is 77.6. The molecule has 0 bridgehead atoms. The number of unbranched alkanes of at least 4 members (excludes halogenated alkanes) is 19. The number of aliphatic hydroxyl groups excluding tert-OH is 6. The average Bonchev–Trinajstić information content (AvgIpc) is 3.43. The lowest BCUT2D eigenvalue weighted by molar-refractivity contribution is -0.167. The second-order valence-corrected chi connectivity index (χ2v) is 19.4. The SMILES string of the molecule is CC/C=C\C/C=C\C/C=C\CCCCCCCC(=O)OC(=O)C(O)CO.CCCCC/C=C\C/C=C\CCCCCCC(C(=O)O)C(=O)C(O)CO.CCCCC/C=C\C/C=C\CCCCCCC(C(=O)O)C(=O)C(O)CO. The van der Waals surface area contributed by atoms with Gasteiger partial charge in [-0.2, -0.15) is 0 Å². The van der Waals surface area contributed by atoms with Crippen LogP contribution in [0.1, 0.15) is 226 Å². The van der Waals surface area contributed by atoms with E-state index >= 15 is 0 Å². The van der Waals surface area contributed by atoms with Gasteiger partial charge in [-0.3, -0.25) is 24.0 Å². The highest BCUT2D eigenvalue weighted by Crippen LogP contribution is 2.17. The van der Waals surface area contributed by atoms with Crippen LogP contribution >= 0.6 is 0 Å². The van der Waals surface area contributed by atoms with E-state index in [4.69, 9.17) is 30.6 Å². The average molecular weight is 1100 g/mol. The molecule has 0 rings (SSSR count). The molecule has 0 fully saturated rings. The number of ether oxygens (including phenoxy) is 1. The summed E-state index contributed by atoms with van der Waals surface area (Å²) in [5.74, 6) is -8.24. The summed E-state index contributed by atoms with van der Waals surface area (Å²) in [6.45, 7) is 4.33. The second-order valence-electron chi connectivity index (χ2n) is 19.4. The number of allylic oxidation sites excluding steroid dienone is 14. The maximum Gasteiger partial charge on any atom is 0.345 e. The molecule has 5 unspecified atom stereocenters. The van der Waals surface area contributed by atoms with Crippen LogP contribution in [0.2, 0.25) is 0 Å². The van der Waals surface area contributed by atoms with Gasteiger partial charge in [-0.15, -0.1) is 0 Å². The number of hydrogen-bond donors (Lipinski definition) is 8. The molecule has 0 aliphatic rings. The van der Waals surface area contributed by atoms with Crippen molar-refractivity contribution in [3.63, 3.8) is 0 Å². The van der Waals surface area contributed by atoms with Crippen LogP contribution in [0.5, 0.6) is 0 Å². The summed E-state index contributed by atoms with van der Waals surface area (Å²) in [6, 6.07) is 0. The molecule has 5 atom stereocenters. The Balaban J connectivity index is -0.00000108. The third-order valence-electron chi connectivity index (χ3n) is 12.4. The highest BCUT2D eigenvalue weighted by molar-refractivity contribution is 6.01. The van der Waals surface area contributed by atoms with Crippen molar-refractivity contribution in [3.8, 4) is 0 Å². The molecule has 0 aliphatic carbocycles. The fourth-order valence-electron chi connectivity index (χ4n) is 7.58. The number of carbonyl (C=O) groups is 6. The Morgan fingerprint density at radius 3 is 0.987 bits per heavy atom. The van der Waals surface area contributed by atoms with Gasteiger partial charge in [0.1, 0.15) is 24.0 Å². The van der Waals surface area contributed by atoms with E-state index in [-0.39, 0.29) is 19.3 Å². The number of aliphatic hydroxyl groups is 6. The Hall–Kier alpha value is -4.64. The summed E-state index contributed by atoms with van der Waals surface area (Å²) in [4.78, 5) is 68.0. The minimum Gasteiger partial charge on any atom is -0.481 e. The monoisotopic (exact) mass is 1100 g/mol. The zero-order valence-electron chi connectivity index (χ0n) is 48.2. The molecule has 15 nitrogen and oxygen atoms in total. The van der Waals surface area contributed by atoms with Gasteiger partial charge in [0.2, 0.25) is 0 Å². The maximum absolute atomic E-state index is 11.7. The molecule has 0 saturated heterocycles. The zero-order valence-corrected chi connectivity index (χ0v) is 48.2. The molecule has 0 radical (unpaired) electrons. The molecule has 0 aromatic carbocycles. The normalized spacial score (nSPS) is 13.8. The fourth-order valence-corrected chi connectivity index (χ4v) is 7.58. The van der Waals surface area contributed by atoms with Crippen molar-refractivity contribution in [1.29, 1.82) is 0 Å². The van der Waals surface area contributed by atoms with Crippen molar-refractivity contribution in [3.05, 3.63) is 85.1 Å². The minimum atomic E-state index is -1.64. The molecule has 0 spiro atoms. The first-order chi connectivity index (χ1) is 37.7. The predicted octanol–water partition coefficient (Wildman–Crippen LogP) is 12.1. The van der Waals surface area contributed by atoms with Gasteiger partial charge in [-0.1, -0.05) is 189 Å². The third kappa shape index (κ3) is 52.1. The molecule has 448 valence electrons. The van der Waals surface area contributed by atoms with Gasteiger partial charge in [-0.05, 0) is 116 Å². The van der Waals surface area contributed by atoms with Gasteiger partial charge >= 0.3 is 23.9 Å². The van der Waals surface area contributed by atoms with Crippen LogP contribution in [-0.4, -0.2) is 114 Å². The van der Waals surface area contributed by atoms with E-state index in [9.17, 15) is 39.0 Å². The Bertz CT molecular complexity index is 1610. The Kier molecular flexibility index (Phi) is 59.7. The molecule has 0 amide bonds. The van der Waals surface area contributed by atoms with Crippen molar-refractivity contribution in [1.82, 2.24) is 0 Å². The Morgan fingerprint density at radius 2 is 0.667 bits per heavy atom. The lowest BCUT2D eigenvalue weighted by Crippen LogP contribution is -2.35. The molecular weight excluding hydrogens is 997 g/mol. The first-order valence-corrected chi connectivity index (χ1v) is 29.4. The first-order valence-electron chi connectivity index (χ1n) is 29.4. The summed E-state index contributed by atoms with van der Waals surface area (Å²) < 4.78 is 4.42. The highest BCUT2D eigenvalue weighted by Gasteiger charge is 2.31. The molecule has 15 heteroatoms. The number of rotatable bonds is 49. The lowest BCUT2D eigenvalue weighted by Gasteiger charge is -2.14. The van der Waals surface area contributed by atoms with Crippen molar-refractivity contribution in [2.45, 2.75) is 245 Å². The van der Waals surface area contributed by atoms with Crippen LogP contribution in [-0.2, 0) is 33.5 Å². The van der Waals surface area contributed by atoms with Gasteiger partial charge < -0.3 is 45.6 Å². The van der Waals surface area contributed by atoms with Gasteiger partial charge in [-0.25, -0.2) is 4.79 Å². The van der Waals surface area contributed by atoms with Crippen molar-refractivity contribution in [2.24, 2.45) is 11.8 Å². The van der Waals surface area contributed by atoms with E-state index in [0.29, 0.717) is 19.3 Å². The number of carbonyl (C=O) groups excluding carboxylic acids is 4. The van der Waals surface area contributed by atoms with Crippen LogP contribution in [0, 0.1) is 11.8 Å². The third-order valence-corrected chi connectivity index (χ3v) is 12.4. The highest BCUT2D eigenvalue weighted by atomic mass is 16.6. The molecule has 0 saturated carbocycles. The van der Waals surface area contributed by atoms with Gasteiger partial charge in [0.15, 0.2) is 17.7 Å². The van der Waals surface area contributed by atoms with E-state index in [1.165, 1.54) is 38.5 Å². The lowest BCUT2D eigenvalue weighted by atomic mass is 9.93. The molecule has 0 aromatic rings. The summed E-state index contributed by atoms with van der Waals surface area (Å²) in [7, 11) is 0. The quantitative estimate of drug-likeness (QED) is 0.0122. The topological polar surface area (TPSA) is 273 Å². The van der Waals surface area contributed by atoms with Gasteiger partial charge in [0.25, 0.3) is 0 Å². The van der Waals surface area contributed by atoms with Crippen molar-refractivity contribution >= 4 is 35.4 Å². The van der Waals surface area contributed by atoms with E-state index < -0.39 is 85.4 Å². The Labute approximate surface area is 469 Å². The van der Waals surface area contributed by atoms with E-state index in [1.807, 2.05) is 0 Å². The van der Waals surface area contributed by atoms with Crippen LogP contribution in [0.3, 0.4) is 0 Å². The van der Waals surface area contributed by atoms with Crippen LogP contribution in [0.4, 0.5) is 0 Å². The predicted molar refractivity (Wildman–Crippen MR) is 311 cm³/mol. The van der Waals surface area contributed by atoms with E-state index in [1.54, 1.807) is 0 Å². The molecular formula is C63H106O15. The summed E-state index contributed by atoms with van der Waals surface area (Å²) in [5, 5.41) is 71.8. The fraction of sp³-hybridized carbons (Fsp3) is 0.683. The van der Waals surface area contributed by atoms with Gasteiger partial charge in [0, 0.05) is 6.42 Å². The van der Waals surface area contributed by atoms with Crippen LogP contribution in [0.15, 0.2) is 85.1 Å². The largest absolute Gasteiger partial charge is 0.481 e. The number of aliphatic carboxylic acids is 2. The molecule has 0 aromatic heterocycles. The molecule has 0 aliphatic heterocycles. The smallest absolute Gasteiger partial charge is 0.345 e. The molecule has 8 N–H and O–H groups in total. The molecule has 78 heavy (non-hydrogen) atoms. The number of carboxylic acids is 2. The summed E-state index contributed by atoms with van der Waals surface area (Å²) in [5.41, 5.74) is 0.